The number of carboxylic acid groups (broad SMARTS) is 1. The SMILES string of the molecule is CCN(C(=O)N(CC(=O)O)c1ccc(O)cc1)C(C)C. The summed E-state index contributed by atoms with van der Waals surface area (Å²) < 4.78 is 0. The number of carbonyl (C=O) groups excluding carboxylic acids is 1. The number of anilines is 1. The van der Waals surface area contributed by atoms with Gasteiger partial charge < -0.3 is 15.1 Å². The first kappa shape index (κ1) is 15.8. The quantitative estimate of drug-likeness (QED) is 0.865. The molecule has 0 spiro atoms. The Labute approximate surface area is 118 Å². The zero-order chi connectivity index (χ0) is 15.3. The molecule has 0 heterocycles. The van der Waals surface area contributed by atoms with Gasteiger partial charge in [-0.15, -0.1) is 0 Å². The van der Waals surface area contributed by atoms with E-state index >= 15 is 0 Å². The van der Waals surface area contributed by atoms with Gasteiger partial charge in [0.15, 0.2) is 0 Å². The molecule has 1 aromatic rings. The number of carboxylic acids is 1. The lowest BCUT2D eigenvalue weighted by Crippen LogP contribution is -2.48. The van der Waals surface area contributed by atoms with Gasteiger partial charge in [-0.2, -0.15) is 0 Å². The number of carbonyl (C=O) groups is 2. The number of aliphatic carboxylic acids is 1. The molecular formula is C14H20N2O4. The summed E-state index contributed by atoms with van der Waals surface area (Å²) in [6.45, 7) is 5.65. The standard InChI is InChI=1S/C14H20N2O4/c1-4-15(10(2)3)14(20)16(9-13(18)19)11-5-7-12(17)8-6-11/h5-8,10,17H,4,9H2,1-3H3,(H,18,19). The number of amides is 2. The Bertz CT molecular complexity index is 471. The molecule has 20 heavy (non-hydrogen) atoms. The van der Waals surface area contributed by atoms with Crippen molar-refractivity contribution in [2.75, 3.05) is 18.0 Å². The van der Waals surface area contributed by atoms with Gasteiger partial charge in [-0.3, -0.25) is 9.69 Å². The average Bonchev–Trinajstić information content (AvgIpc) is 2.37. The predicted molar refractivity (Wildman–Crippen MR) is 76.0 cm³/mol. The Morgan fingerprint density at radius 1 is 1.20 bits per heavy atom. The van der Waals surface area contributed by atoms with Crippen LogP contribution in [0.15, 0.2) is 24.3 Å². The molecule has 0 radical (unpaired) electrons. The Balaban J connectivity index is 3.08. The van der Waals surface area contributed by atoms with Crippen LogP contribution < -0.4 is 4.90 Å². The van der Waals surface area contributed by atoms with Crippen molar-refractivity contribution < 1.29 is 19.8 Å². The minimum Gasteiger partial charge on any atom is -0.508 e. The highest BCUT2D eigenvalue weighted by Gasteiger charge is 2.25. The number of phenols is 1. The summed E-state index contributed by atoms with van der Waals surface area (Å²) in [5.74, 6) is -1.03. The normalized spacial score (nSPS) is 10.4. The molecule has 2 amide bonds. The highest BCUT2D eigenvalue weighted by molar-refractivity contribution is 5.96. The molecule has 0 aliphatic carbocycles. The maximum Gasteiger partial charge on any atom is 0.325 e. The molecule has 0 saturated heterocycles. The molecule has 0 aliphatic heterocycles. The van der Waals surface area contributed by atoms with Crippen molar-refractivity contribution in [2.24, 2.45) is 0 Å². The number of rotatable bonds is 5. The third-order valence-corrected chi connectivity index (χ3v) is 2.90. The predicted octanol–water partition coefficient (Wildman–Crippen LogP) is 2.13. The summed E-state index contributed by atoms with van der Waals surface area (Å²) in [6, 6.07) is 5.48. The van der Waals surface area contributed by atoms with E-state index in [2.05, 4.69) is 0 Å². The van der Waals surface area contributed by atoms with Crippen LogP contribution in [0, 0.1) is 0 Å². The Kier molecular flexibility index (Phi) is 5.37. The second-order valence-corrected chi connectivity index (χ2v) is 4.66. The van der Waals surface area contributed by atoms with Crippen LogP contribution in [-0.2, 0) is 4.79 Å². The molecule has 1 rings (SSSR count). The molecule has 6 heteroatoms. The largest absolute Gasteiger partial charge is 0.508 e. The maximum absolute atomic E-state index is 12.5. The van der Waals surface area contributed by atoms with Crippen LogP contribution >= 0.6 is 0 Å². The molecule has 0 bridgehead atoms. The number of phenolic OH excluding ortho intramolecular Hbond substituents is 1. The lowest BCUT2D eigenvalue weighted by atomic mass is 10.2. The Morgan fingerprint density at radius 3 is 2.15 bits per heavy atom. The number of benzene rings is 1. The second kappa shape index (κ2) is 6.79. The number of urea groups is 1. The Morgan fingerprint density at radius 2 is 1.75 bits per heavy atom. The van der Waals surface area contributed by atoms with Crippen LogP contribution in [0.4, 0.5) is 10.5 Å². The molecule has 0 atom stereocenters. The average molecular weight is 280 g/mol. The first-order chi connectivity index (χ1) is 9.36. The van der Waals surface area contributed by atoms with Gasteiger partial charge in [0, 0.05) is 18.3 Å². The molecule has 6 nitrogen and oxygen atoms in total. The van der Waals surface area contributed by atoms with Gasteiger partial charge in [-0.25, -0.2) is 4.79 Å². The maximum atomic E-state index is 12.5. The fourth-order valence-electron chi connectivity index (χ4n) is 1.91. The van der Waals surface area contributed by atoms with E-state index in [1.807, 2.05) is 20.8 Å². The van der Waals surface area contributed by atoms with Gasteiger partial charge in [0.2, 0.25) is 0 Å². The fraction of sp³-hybridized carbons (Fsp3) is 0.429. The topological polar surface area (TPSA) is 81.1 Å². The van der Waals surface area contributed by atoms with Gasteiger partial charge in [-0.05, 0) is 45.0 Å². The molecule has 0 fully saturated rings. The monoisotopic (exact) mass is 280 g/mol. The van der Waals surface area contributed by atoms with E-state index in [1.165, 1.54) is 29.2 Å². The van der Waals surface area contributed by atoms with E-state index in [-0.39, 0.29) is 17.8 Å². The van der Waals surface area contributed by atoms with Gasteiger partial charge >= 0.3 is 12.0 Å². The highest BCUT2D eigenvalue weighted by Crippen LogP contribution is 2.20. The molecule has 0 aliphatic rings. The van der Waals surface area contributed by atoms with Crippen LogP contribution in [-0.4, -0.2) is 46.2 Å². The first-order valence-electron chi connectivity index (χ1n) is 6.45. The molecule has 1 aromatic carbocycles. The van der Waals surface area contributed by atoms with Crippen LogP contribution in [0.3, 0.4) is 0 Å². The van der Waals surface area contributed by atoms with E-state index in [1.54, 1.807) is 4.90 Å². The van der Waals surface area contributed by atoms with E-state index in [0.29, 0.717) is 12.2 Å². The van der Waals surface area contributed by atoms with Crippen LogP contribution in [0.5, 0.6) is 5.75 Å². The number of hydrogen-bond acceptors (Lipinski definition) is 3. The van der Waals surface area contributed by atoms with Gasteiger partial charge in [0.1, 0.15) is 12.3 Å². The smallest absolute Gasteiger partial charge is 0.325 e. The summed E-state index contributed by atoms with van der Waals surface area (Å²) in [7, 11) is 0. The molecular weight excluding hydrogens is 260 g/mol. The summed E-state index contributed by atoms with van der Waals surface area (Å²) in [6.07, 6.45) is 0. The minimum absolute atomic E-state index is 0.0269. The van der Waals surface area contributed by atoms with Gasteiger partial charge in [-0.1, -0.05) is 0 Å². The summed E-state index contributed by atoms with van der Waals surface area (Å²) in [4.78, 5) is 26.2. The lowest BCUT2D eigenvalue weighted by Gasteiger charge is -2.31. The van der Waals surface area contributed by atoms with E-state index in [9.17, 15) is 14.7 Å². The number of nitrogens with zero attached hydrogens (tertiary/aromatic N) is 2. The highest BCUT2D eigenvalue weighted by atomic mass is 16.4. The number of aromatic hydroxyl groups is 1. The molecule has 110 valence electrons. The molecule has 0 unspecified atom stereocenters. The Hall–Kier alpha value is -2.24. The van der Waals surface area contributed by atoms with Crippen LogP contribution in [0.1, 0.15) is 20.8 Å². The van der Waals surface area contributed by atoms with Crippen LogP contribution in [0.25, 0.3) is 0 Å². The van der Waals surface area contributed by atoms with Crippen molar-refractivity contribution in [2.45, 2.75) is 26.8 Å². The number of hydrogen-bond donors (Lipinski definition) is 2. The van der Waals surface area contributed by atoms with Crippen molar-refractivity contribution in [1.82, 2.24) is 4.90 Å². The second-order valence-electron chi connectivity index (χ2n) is 4.66. The summed E-state index contributed by atoms with van der Waals surface area (Å²) >= 11 is 0. The van der Waals surface area contributed by atoms with E-state index in [0.717, 1.165) is 0 Å². The summed E-state index contributed by atoms with van der Waals surface area (Å²) in [5.41, 5.74) is 0.439. The molecule has 2 N–H and O–H groups in total. The van der Waals surface area contributed by atoms with Crippen molar-refractivity contribution in [3.8, 4) is 5.75 Å². The first-order valence-corrected chi connectivity index (χ1v) is 6.45. The third-order valence-electron chi connectivity index (χ3n) is 2.90. The van der Waals surface area contributed by atoms with Crippen molar-refractivity contribution in [3.05, 3.63) is 24.3 Å². The van der Waals surface area contributed by atoms with Crippen LogP contribution in [0.2, 0.25) is 0 Å². The van der Waals surface area contributed by atoms with E-state index < -0.39 is 12.5 Å². The van der Waals surface area contributed by atoms with Crippen molar-refractivity contribution >= 4 is 17.7 Å². The van der Waals surface area contributed by atoms with Gasteiger partial charge in [0.05, 0.1) is 0 Å². The zero-order valence-electron chi connectivity index (χ0n) is 11.9. The van der Waals surface area contributed by atoms with Gasteiger partial charge in [0.25, 0.3) is 0 Å². The lowest BCUT2D eigenvalue weighted by molar-refractivity contribution is -0.135. The fourth-order valence-corrected chi connectivity index (χ4v) is 1.91. The molecule has 0 saturated carbocycles. The zero-order valence-corrected chi connectivity index (χ0v) is 11.9. The van der Waals surface area contributed by atoms with E-state index in [4.69, 9.17) is 5.11 Å². The van der Waals surface area contributed by atoms with Crippen molar-refractivity contribution in [1.29, 1.82) is 0 Å². The minimum atomic E-state index is -1.09. The summed E-state index contributed by atoms with van der Waals surface area (Å²) in [5, 5.41) is 18.3. The van der Waals surface area contributed by atoms with Crippen molar-refractivity contribution in [3.63, 3.8) is 0 Å². The third kappa shape index (κ3) is 3.88. The molecule has 0 aromatic heterocycles.